The van der Waals surface area contributed by atoms with E-state index in [4.69, 9.17) is 4.74 Å². The number of methoxy groups -OCH3 is 1. The van der Waals surface area contributed by atoms with Gasteiger partial charge in [0, 0.05) is 6.04 Å². The fourth-order valence-corrected chi connectivity index (χ4v) is 3.98. The number of aryl methyl sites for hydroxylation is 1. The average molecular weight is 296 g/mol. The predicted molar refractivity (Wildman–Crippen MR) is 82.4 cm³/mol. The zero-order valence-electron chi connectivity index (χ0n) is 12.7. The first kappa shape index (κ1) is 15.3. The second-order valence-corrected chi connectivity index (χ2v) is 6.87. The smallest absolute Gasteiger partial charge is 0.350 e. The maximum absolute atomic E-state index is 11.6. The molecule has 0 bridgehead atoms. The topological polar surface area (TPSA) is 51.2 Å². The van der Waals surface area contributed by atoms with Crippen molar-refractivity contribution in [1.82, 2.24) is 4.98 Å². The van der Waals surface area contributed by atoms with Gasteiger partial charge < -0.3 is 10.1 Å². The highest BCUT2D eigenvalue weighted by atomic mass is 32.1. The number of hydrogen-bond donors (Lipinski definition) is 1. The van der Waals surface area contributed by atoms with E-state index in [1.54, 1.807) is 0 Å². The highest BCUT2D eigenvalue weighted by molar-refractivity contribution is 7.17. The van der Waals surface area contributed by atoms with Gasteiger partial charge in [-0.1, -0.05) is 38.0 Å². The van der Waals surface area contributed by atoms with Gasteiger partial charge in [0.25, 0.3) is 0 Å². The lowest BCUT2D eigenvalue weighted by atomic mass is 9.78. The monoisotopic (exact) mass is 296 g/mol. The number of anilines is 1. The molecule has 1 N–H and O–H groups in total. The number of nitrogens with zero attached hydrogens (tertiary/aromatic N) is 1. The van der Waals surface area contributed by atoms with E-state index in [2.05, 4.69) is 24.1 Å². The fourth-order valence-electron chi connectivity index (χ4n) is 3.04. The van der Waals surface area contributed by atoms with Gasteiger partial charge in [-0.15, -0.1) is 0 Å². The van der Waals surface area contributed by atoms with E-state index in [1.165, 1.54) is 44.1 Å². The molecule has 2 rings (SSSR count). The minimum Gasteiger partial charge on any atom is -0.465 e. The second-order valence-electron chi connectivity index (χ2n) is 5.87. The molecule has 1 heterocycles. The van der Waals surface area contributed by atoms with Crippen molar-refractivity contribution in [3.8, 4) is 0 Å². The Bertz CT molecular complexity index is 470. The summed E-state index contributed by atoms with van der Waals surface area (Å²) < 4.78 is 4.78. The summed E-state index contributed by atoms with van der Waals surface area (Å²) in [4.78, 5) is 16.7. The Kier molecular flexibility index (Phi) is 5.02. The predicted octanol–water partition coefficient (Wildman–Crippen LogP) is 3.86. The van der Waals surface area contributed by atoms with Gasteiger partial charge in [0.2, 0.25) is 0 Å². The molecule has 1 aliphatic carbocycles. The summed E-state index contributed by atoms with van der Waals surface area (Å²) in [7, 11) is 1.41. The van der Waals surface area contributed by atoms with Crippen molar-refractivity contribution in [3.63, 3.8) is 0 Å². The van der Waals surface area contributed by atoms with Crippen molar-refractivity contribution >= 4 is 22.4 Å². The molecule has 0 aliphatic heterocycles. The summed E-state index contributed by atoms with van der Waals surface area (Å²) in [5.41, 5.74) is 0.751. The van der Waals surface area contributed by atoms with Gasteiger partial charge in [-0.3, -0.25) is 0 Å². The first-order valence-corrected chi connectivity index (χ1v) is 8.16. The van der Waals surface area contributed by atoms with Crippen molar-refractivity contribution in [2.24, 2.45) is 11.8 Å². The lowest BCUT2D eigenvalue weighted by Crippen LogP contribution is -2.35. The lowest BCUT2D eigenvalue weighted by Gasteiger charge is -2.34. The largest absolute Gasteiger partial charge is 0.465 e. The van der Waals surface area contributed by atoms with Gasteiger partial charge in [-0.05, 0) is 31.6 Å². The summed E-state index contributed by atoms with van der Waals surface area (Å²) >= 11 is 1.40. The molecule has 0 radical (unpaired) electrons. The van der Waals surface area contributed by atoms with Crippen LogP contribution in [0.1, 0.15) is 54.9 Å². The molecule has 0 aromatic carbocycles. The maximum atomic E-state index is 11.6. The van der Waals surface area contributed by atoms with Crippen molar-refractivity contribution in [2.45, 2.75) is 52.5 Å². The van der Waals surface area contributed by atoms with Crippen molar-refractivity contribution in [3.05, 3.63) is 10.6 Å². The SMILES string of the molecule is COC(=O)c1sc(NC2CCCCC2C(C)C)nc1C. The minimum atomic E-state index is -0.294. The lowest BCUT2D eigenvalue weighted by molar-refractivity contribution is 0.0605. The number of nitrogens with one attached hydrogen (secondary N) is 1. The quantitative estimate of drug-likeness (QED) is 0.857. The van der Waals surface area contributed by atoms with Crippen LogP contribution in [-0.4, -0.2) is 24.1 Å². The van der Waals surface area contributed by atoms with E-state index in [-0.39, 0.29) is 5.97 Å². The van der Waals surface area contributed by atoms with E-state index in [0.29, 0.717) is 22.8 Å². The summed E-state index contributed by atoms with van der Waals surface area (Å²) in [6, 6.07) is 0.472. The Morgan fingerprint density at radius 2 is 2.10 bits per heavy atom. The normalized spacial score (nSPS) is 22.9. The van der Waals surface area contributed by atoms with Crippen molar-refractivity contribution in [1.29, 1.82) is 0 Å². The van der Waals surface area contributed by atoms with Crippen LogP contribution in [0.3, 0.4) is 0 Å². The van der Waals surface area contributed by atoms with Gasteiger partial charge in [0.15, 0.2) is 5.13 Å². The summed E-state index contributed by atoms with van der Waals surface area (Å²) in [6.45, 7) is 6.43. The molecular formula is C15H24N2O2S. The summed E-state index contributed by atoms with van der Waals surface area (Å²) in [6.07, 6.45) is 5.07. The van der Waals surface area contributed by atoms with Crippen LogP contribution in [0, 0.1) is 18.8 Å². The number of hydrogen-bond acceptors (Lipinski definition) is 5. The number of aromatic nitrogens is 1. The van der Waals surface area contributed by atoms with E-state index < -0.39 is 0 Å². The highest BCUT2D eigenvalue weighted by Crippen LogP contribution is 2.33. The van der Waals surface area contributed by atoms with Gasteiger partial charge in [0.1, 0.15) is 4.88 Å². The molecule has 1 aromatic rings. The van der Waals surface area contributed by atoms with Gasteiger partial charge in [-0.25, -0.2) is 9.78 Å². The second kappa shape index (κ2) is 6.57. The fraction of sp³-hybridized carbons (Fsp3) is 0.733. The summed E-state index contributed by atoms with van der Waals surface area (Å²) in [5.74, 6) is 1.07. The first-order valence-electron chi connectivity index (χ1n) is 7.35. The van der Waals surface area contributed by atoms with Crippen molar-refractivity contribution < 1.29 is 9.53 Å². The number of thiazole rings is 1. The minimum absolute atomic E-state index is 0.294. The third kappa shape index (κ3) is 3.32. The number of rotatable bonds is 4. The molecule has 112 valence electrons. The number of carbonyl (C=O) groups excluding carboxylic acids is 1. The Labute approximate surface area is 124 Å². The molecule has 4 nitrogen and oxygen atoms in total. The van der Waals surface area contributed by atoms with E-state index in [0.717, 1.165) is 10.8 Å². The molecule has 0 saturated heterocycles. The Morgan fingerprint density at radius 1 is 1.40 bits per heavy atom. The van der Waals surface area contributed by atoms with Crippen LogP contribution in [0.5, 0.6) is 0 Å². The third-order valence-electron chi connectivity index (χ3n) is 4.15. The Morgan fingerprint density at radius 3 is 2.75 bits per heavy atom. The molecular weight excluding hydrogens is 272 g/mol. The highest BCUT2D eigenvalue weighted by Gasteiger charge is 2.28. The molecule has 1 aromatic heterocycles. The molecule has 1 fully saturated rings. The van der Waals surface area contributed by atoms with Crippen molar-refractivity contribution in [2.75, 3.05) is 12.4 Å². The molecule has 0 amide bonds. The van der Waals surface area contributed by atoms with Crippen LogP contribution in [0.4, 0.5) is 5.13 Å². The van der Waals surface area contributed by atoms with Gasteiger partial charge in [-0.2, -0.15) is 0 Å². The number of ether oxygens (including phenoxy) is 1. The van der Waals surface area contributed by atoms with Gasteiger partial charge >= 0.3 is 5.97 Å². The molecule has 1 saturated carbocycles. The number of carbonyl (C=O) groups is 1. The third-order valence-corrected chi connectivity index (χ3v) is 5.22. The van der Waals surface area contributed by atoms with Crippen LogP contribution in [-0.2, 0) is 4.74 Å². The van der Waals surface area contributed by atoms with Gasteiger partial charge in [0.05, 0.1) is 12.8 Å². The molecule has 2 unspecified atom stereocenters. The Hall–Kier alpha value is -1.10. The van der Waals surface area contributed by atoms with Crippen LogP contribution in [0.25, 0.3) is 0 Å². The van der Waals surface area contributed by atoms with Crippen LogP contribution >= 0.6 is 11.3 Å². The van der Waals surface area contributed by atoms with E-state index >= 15 is 0 Å². The zero-order valence-corrected chi connectivity index (χ0v) is 13.5. The first-order chi connectivity index (χ1) is 9.52. The summed E-state index contributed by atoms with van der Waals surface area (Å²) in [5, 5.41) is 4.40. The van der Waals surface area contributed by atoms with E-state index in [1.807, 2.05) is 6.92 Å². The van der Waals surface area contributed by atoms with Crippen LogP contribution in [0.15, 0.2) is 0 Å². The maximum Gasteiger partial charge on any atom is 0.350 e. The van der Waals surface area contributed by atoms with E-state index in [9.17, 15) is 4.79 Å². The number of esters is 1. The molecule has 20 heavy (non-hydrogen) atoms. The Balaban J connectivity index is 2.10. The standard InChI is InChI=1S/C15H24N2O2S/c1-9(2)11-7-5-6-8-12(11)17-15-16-10(3)13(20-15)14(18)19-4/h9,11-12H,5-8H2,1-4H3,(H,16,17). The zero-order chi connectivity index (χ0) is 14.7. The van der Waals surface area contributed by atoms with Crippen LogP contribution < -0.4 is 5.32 Å². The molecule has 2 atom stereocenters. The molecule has 0 spiro atoms. The molecule has 1 aliphatic rings. The molecule has 5 heteroatoms. The average Bonchev–Trinajstić information content (AvgIpc) is 2.79. The van der Waals surface area contributed by atoms with Crippen LogP contribution in [0.2, 0.25) is 0 Å².